The zero-order chi connectivity index (χ0) is 23.2. The number of benzene rings is 3. The van der Waals surface area contributed by atoms with Crippen LogP contribution < -0.4 is 5.32 Å². The highest BCUT2D eigenvalue weighted by molar-refractivity contribution is 6.26. The molecular weight excluding hydrogens is 424 g/mol. The predicted octanol–water partition coefficient (Wildman–Crippen LogP) is 3.87. The van der Waals surface area contributed by atoms with E-state index in [0.29, 0.717) is 0 Å². The number of fused-ring (bicyclic) bond motifs is 3. The Labute approximate surface area is 177 Å². The van der Waals surface area contributed by atoms with Crippen LogP contribution in [-0.4, -0.2) is 26.5 Å². The molecule has 0 saturated heterocycles. The van der Waals surface area contributed by atoms with Crippen LogP contribution >= 0.6 is 0 Å². The lowest BCUT2D eigenvalue weighted by Crippen LogP contribution is -2.14. The molecular formula is C20H10N4O8. The number of hydrogen-bond donors (Lipinski definition) is 1. The molecule has 0 bridgehead atoms. The first-order valence-electron chi connectivity index (χ1n) is 8.89. The molecule has 4 rings (SSSR count). The molecule has 32 heavy (non-hydrogen) atoms. The van der Waals surface area contributed by atoms with Gasteiger partial charge in [-0.15, -0.1) is 0 Å². The van der Waals surface area contributed by atoms with Crippen molar-refractivity contribution in [2.75, 3.05) is 5.32 Å². The first-order valence-corrected chi connectivity index (χ1v) is 8.89. The summed E-state index contributed by atoms with van der Waals surface area (Å²) in [6.45, 7) is 0. The van der Waals surface area contributed by atoms with E-state index in [1.165, 1.54) is 24.3 Å². The predicted molar refractivity (Wildman–Crippen MR) is 110 cm³/mol. The number of amides is 1. The van der Waals surface area contributed by atoms with Gasteiger partial charge < -0.3 is 5.32 Å². The fourth-order valence-corrected chi connectivity index (χ4v) is 3.47. The van der Waals surface area contributed by atoms with Gasteiger partial charge in [0, 0.05) is 58.8 Å². The van der Waals surface area contributed by atoms with Crippen LogP contribution in [0.3, 0.4) is 0 Å². The molecule has 0 fully saturated rings. The molecule has 0 spiro atoms. The Hall–Kier alpha value is -5.00. The first kappa shape index (κ1) is 20.3. The summed E-state index contributed by atoms with van der Waals surface area (Å²) in [6.07, 6.45) is 0. The molecule has 0 radical (unpaired) electrons. The van der Waals surface area contributed by atoms with Gasteiger partial charge in [0.25, 0.3) is 23.0 Å². The molecule has 0 unspecified atom stereocenters. The van der Waals surface area contributed by atoms with Crippen LogP contribution in [0.2, 0.25) is 0 Å². The van der Waals surface area contributed by atoms with Crippen LogP contribution in [0.25, 0.3) is 11.1 Å². The second-order valence-electron chi connectivity index (χ2n) is 6.75. The summed E-state index contributed by atoms with van der Waals surface area (Å²) in [5.74, 6) is -1.53. The van der Waals surface area contributed by atoms with Crippen LogP contribution in [-0.2, 0) is 0 Å². The van der Waals surface area contributed by atoms with Gasteiger partial charge in [0.1, 0.15) is 0 Å². The third kappa shape index (κ3) is 3.31. The summed E-state index contributed by atoms with van der Waals surface area (Å²) in [7, 11) is 0. The lowest BCUT2D eigenvalue weighted by atomic mass is 9.97. The maximum atomic E-state index is 13.0. The summed E-state index contributed by atoms with van der Waals surface area (Å²) in [4.78, 5) is 57.1. The van der Waals surface area contributed by atoms with E-state index in [-0.39, 0.29) is 44.9 Å². The average molecular weight is 434 g/mol. The Bertz CT molecular complexity index is 1380. The molecule has 0 saturated carbocycles. The van der Waals surface area contributed by atoms with Gasteiger partial charge in [-0.2, -0.15) is 0 Å². The number of anilines is 1. The topological polar surface area (TPSA) is 176 Å². The van der Waals surface area contributed by atoms with Crippen LogP contribution in [0.15, 0.2) is 54.6 Å². The van der Waals surface area contributed by atoms with Gasteiger partial charge in [0.15, 0.2) is 5.78 Å². The van der Waals surface area contributed by atoms with E-state index >= 15 is 0 Å². The number of nitrogens with zero attached hydrogens (tertiary/aromatic N) is 3. The Balaban J connectivity index is 1.86. The second-order valence-corrected chi connectivity index (χ2v) is 6.75. The zero-order valence-corrected chi connectivity index (χ0v) is 15.8. The highest BCUT2D eigenvalue weighted by atomic mass is 16.6. The van der Waals surface area contributed by atoms with E-state index in [1.807, 2.05) is 0 Å². The number of ketones is 1. The number of nitro benzene ring substituents is 3. The summed E-state index contributed by atoms with van der Waals surface area (Å²) in [5, 5.41) is 35.8. The third-order valence-electron chi connectivity index (χ3n) is 4.87. The van der Waals surface area contributed by atoms with Crippen molar-refractivity contribution in [2.45, 2.75) is 0 Å². The highest BCUT2D eigenvalue weighted by Gasteiger charge is 2.34. The van der Waals surface area contributed by atoms with E-state index in [1.54, 1.807) is 0 Å². The molecule has 1 N–H and O–H groups in total. The van der Waals surface area contributed by atoms with Crippen molar-refractivity contribution in [2.24, 2.45) is 0 Å². The van der Waals surface area contributed by atoms with Gasteiger partial charge in [0.05, 0.1) is 20.3 Å². The minimum Gasteiger partial charge on any atom is -0.322 e. The summed E-state index contributed by atoms with van der Waals surface area (Å²) in [6, 6.07) is 10.6. The maximum Gasteiger partial charge on any atom is 0.271 e. The van der Waals surface area contributed by atoms with Crippen LogP contribution in [0.4, 0.5) is 22.7 Å². The SMILES string of the molecule is O=C(Nc1cccc([N+](=O)[O-])c1)c1cc([N+](=O)[O-])cc2c1-c1ccc([N+](=O)[O-])cc1C2=O. The van der Waals surface area contributed by atoms with E-state index < -0.39 is 32.1 Å². The molecule has 1 aliphatic rings. The van der Waals surface area contributed by atoms with Crippen LogP contribution in [0.1, 0.15) is 26.3 Å². The fourth-order valence-electron chi connectivity index (χ4n) is 3.47. The Morgan fingerprint density at radius 1 is 0.719 bits per heavy atom. The zero-order valence-electron chi connectivity index (χ0n) is 15.8. The molecule has 0 aliphatic heterocycles. The van der Waals surface area contributed by atoms with Crippen molar-refractivity contribution in [3.63, 3.8) is 0 Å². The molecule has 12 nitrogen and oxygen atoms in total. The smallest absolute Gasteiger partial charge is 0.271 e. The van der Waals surface area contributed by atoms with Crippen LogP contribution in [0, 0.1) is 30.3 Å². The molecule has 1 amide bonds. The van der Waals surface area contributed by atoms with Gasteiger partial charge in [-0.25, -0.2) is 0 Å². The maximum absolute atomic E-state index is 13.0. The Morgan fingerprint density at radius 2 is 1.34 bits per heavy atom. The van der Waals surface area contributed by atoms with Crippen molar-refractivity contribution in [3.05, 3.63) is 102 Å². The lowest BCUT2D eigenvalue weighted by Gasteiger charge is -2.10. The standard InChI is InChI=1S/C20H10N4O8/c25-19-15-7-12(23(29)30)4-5-14(15)18-16(19)8-13(24(31)32)9-17(18)20(26)21-10-2-1-3-11(6-10)22(27)28/h1-9H,(H,21,26). The van der Waals surface area contributed by atoms with E-state index in [0.717, 1.165) is 30.3 Å². The number of non-ortho nitro benzene ring substituents is 3. The van der Waals surface area contributed by atoms with Crippen molar-refractivity contribution >= 4 is 34.4 Å². The van der Waals surface area contributed by atoms with Crippen molar-refractivity contribution in [1.82, 2.24) is 0 Å². The van der Waals surface area contributed by atoms with Crippen LogP contribution in [0.5, 0.6) is 0 Å². The largest absolute Gasteiger partial charge is 0.322 e. The van der Waals surface area contributed by atoms with E-state index in [9.17, 15) is 39.9 Å². The lowest BCUT2D eigenvalue weighted by molar-refractivity contribution is -0.385. The molecule has 12 heteroatoms. The molecule has 1 aliphatic carbocycles. The third-order valence-corrected chi connectivity index (χ3v) is 4.87. The first-order chi connectivity index (χ1) is 15.2. The molecule has 0 atom stereocenters. The molecule has 158 valence electrons. The number of rotatable bonds is 5. The van der Waals surface area contributed by atoms with E-state index in [4.69, 9.17) is 0 Å². The fraction of sp³-hybridized carbons (Fsp3) is 0. The van der Waals surface area contributed by atoms with Gasteiger partial charge >= 0.3 is 0 Å². The quantitative estimate of drug-likeness (QED) is 0.363. The van der Waals surface area contributed by atoms with Crippen molar-refractivity contribution in [3.8, 4) is 11.1 Å². The molecule has 0 heterocycles. The summed E-state index contributed by atoms with van der Waals surface area (Å²) >= 11 is 0. The average Bonchev–Trinajstić information content (AvgIpc) is 3.04. The minimum absolute atomic E-state index is 0.0564. The van der Waals surface area contributed by atoms with Crippen molar-refractivity contribution in [1.29, 1.82) is 0 Å². The highest BCUT2D eigenvalue weighted by Crippen LogP contribution is 2.42. The Morgan fingerprint density at radius 3 is 2.00 bits per heavy atom. The minimum atomic E-state index is -0.843. The molecule has 3 aromatic rings. The molecule has 0 aromatic heterocycles. The normalized spacial score (nSPS) is 11.4. The monoisotopic (exact) mass is 434 g/mol. The van der Waals surface area contributed by atoms with Gasteiger partial charge in [-0.3, -0.25) is 39.9 Å². The Kier molecular flexibility index (Phi) is 4.66. The summed E-state index contributed by atoms with van der Waals surface area (Å²) < 4.78 is 0. The summed E-state index contributed by atoms with van der Waals surface area (Å²) in [5.41, 5.74) is -1.19. The number of carbonyl (C=O) groups excluding carboxylic acids is 2. The number of nitro groups is 3. The number of nitrogens with one attached hydrogen (secondary N) is 1. The molecule has 3 aromatic carbocycles. The van der Waals surface area contributed by atoms with E-state index in [2.05, 4.69) is 5.32 Å². The van der Waals surface area contributed by atoms with Gasteiger partial charge in [-0.1, -0.05) is 6.07 Å². The second kappa shape index (κ2) is 7.36. The number of carbonyl (C=O) groups is 2. The van der Waals surface area contributed by atoms with Gasteiger partial charge in [0.2, 0.25) is 0 Å². The van der Waals surface area contributed by atoms with Gasteiger partial charge in [-0.05, 0) is 17.7 Å². The van der Waals surface area contributed by atoms with Crippen molar-refractivity contribution < 1.29 is 24.4 Å². The number of hydrogen-bond acceptors (Lipinski definition) is 8.